The highest BCUT2D eigenvalue weighted by Gasteiger charge is 2.70. The number of carbonyl (C=O) groups is 2. The molecule has 0 aliphatic heterocycles. The second-order valence-corrected chi connectivity index (χ2v) is 9.21. The lowest BCUT2D eigenvalue weighted by Crippen LogP contribution is -2.66. The van der Waals surface area contributed by atoms with E-state index in [0.29, 0.717) is 24.8 Å². The molecule has 4 aliphatic rings. The van der Waals surface area contributed by atoms with E-state index in [2.05, 4.69) is 0 Å². The zero-order chi connectivity index (χ0) is 19.8. The second-order valence-electron chi connectivity index (χ2n) is 9.21. The molecular formula is C22H27FO4. The Balaban J connectivity index is 1.82. The molecule has 0 radical (unpaired) electrons. The van der Waals surface area contributed by atoms with Crippen LogP contribution in [0.1, 0.15) is 46.5 Å². The SMILES string of the molecule is CC1=C(C(=O)CO)[C@@]2(C)C[C@H](O)[C@@]3(F)C(CCC4=CC(=O)C=C[C@@]43C)C2C1. The minimum Gasteiger partial charge on any atom is -0.390 e. The van der Waals surface area contributed by atoms with E-state index in [0.717, 1.165) is 11.1 Å². The van der Waals surface area contributed by atoms with Gasteiger partial charge < -0.3 is 10.2 Å². The summed E-state index contributed by atoms with van der Waals surface area (Å²) in [5, 5.41) is 20.5. The number of alkyl halides is 1. The van der Waals surface area contributed by atoms with Gasteiger partial charge in [0.2, 0.25) is 0 Å². The van der Waals surface area contributed by atoms with Crippen molar-refractivity contribution in [1.29, 1.82) is 0 Å². The van der Waals surface area contributed by atoms with Crippen molar-refractivity contribution in [2.75, 3.05) is 6.61 Å². The summed E-state index contributed by atoms with van der Waals surface area (Å²) in [7, 11) is 0. The quantitative estimate of drug-likeness (QED) is 0.779. The summed E-state index contributed by atoms with van der Waals surface area (Å²) in [4.78, 5) is 24.2. The average molecular weight is 374 g/mol. The van der Waals surface area contributed by atoms with Crippen molar-refractivity contribution < 1.29 is 24.2 Å². The van der Waals surface area contributed by atoms with E-state index in [4.69, 9.17) is 0 Å². The topological polar surface area (TPSA) is 74.6 Å². The van der Waals surface area contributed by atoms with Crippen molar-refractivity contribution in [1.82, 2.24) is 0 Å². The van der Waals surface area contributed by atoms with Gasteiger partial charge in [0, 0.05) is 22.3 Å². The highest BCUT2D eigenvalue weighted by Crippen LogP contribution is 2.68. The maximum Gasteiger partial charge on any atom is 0.184 e. The molecule has 27 heavy (non-hydrogen) atoms. The van der Waals surface area contributed by atoms with E-state index < -0.39 is 35.1 Å². The predicted octanol–water partition coefficient (Wildman–Crippen LogP) is 2.85. The summed E-state index contributed by atoms with van der Waals surface area (Å²) >= 11 is 0. The van der Waals surface area contributed by atoms with Crippen LogP contribution in [0.25, 0.3) is 0 Å². The molecule has 0 aromatic rings. The van der Waals surface area contributed by atoms with Gasteiger partial charge in [-0.3, -0.25) is 9.59 Å². The molecule has 0 heterocycles. The van der Waals surface area contributed by atoms with Gasteiger partial charge in [-0.1, -0.05) is 24.1 Å². The molecule has 0 aromatic heterocycles. The Labute approximate surface area is 158 Å². The third-order valence-corrected chi connectivity index (χ3v) is 7.98. The van der Waals surface area contributed by atoms with E-state index in [1.807, 2.05) is 13.8 Å². The molecular weight excluding hydrogens is 347 g/mol. The number of carbonyl (C=O) groups excluding carboxylic acids is 2. The Hall–Kier alpha value is -1.59. The molecule has 0 saturated heterocycles. The Morgan fingerprint density at radius 2 is 2.04 bits per heavy atom. The van der Waals surface area contributed by atoms with Gasteiger partial charge in [-0.05, 0) is 57.6 Å². The molecule has 2 unspecified atom stereocenters. The van der Waals surface area contributed by atoms with Crippen LogP contribution in [0.15, 0.2) is 34.9 Å². The molecule has 5 heteroatoms. The Morgan fingerprint density at radius 1 is 1.33 bits per heavy atom. The lowest BCUT2D eigenvalue weighted by atomic mass is 9.45. The molecule has 4 nitrogen and oxygen atoms in total. The summed E-state index contributed by atoms with van der Waals surface area (Å²) in [5.41, 5.74) is -1.28. The molecule has 0 bridgehead atoms. The first-order valence-electron chi connectivity index (χ1n) is 9.75. The highest BCUT2D eigenvalue weighted by molar-refractivity contribution is 6.01. The van der Waals surface area contributed by atoms with Crippen LogP contribution in [0, 0.1) is 22.7 Å². The Morgan fingerprint density at radius 3 is 2.70 bits per heavy atom. The van der Waals surface area contributed by atoms with Gasteiger partial charge in [0.05, 0.1) is 6.10 Å². The lowest BCUT2D eigenvalue weighted by Gasteiger charge is -2.61. The molecule has 2 fully saturated rings. The van der Waals surface area contributed by atoms with Crippen LogP contribution in [-0.2, 0) is 9.59 Å². The summed E-state index contributed by atoms with van der Waals surface area (Å²) in [6, 6.07) is 0. The van der Waals surface area contributed by atoms with Gasteiger partial charge in [0.1, 0.15) is 6.61 Å². The van der Waals surface area contributed by atoms with Crippen molar-refractivity contribution in [3.63, 3.8) is 0 Å². The fourth-order valence-electron chi connectivity index (χ4n) is 6.78. The van der Waals surface area contributed by atoms with Crippen molar-refractivity contribution in [2.24, 2.45) is 22.7 Å². The Bertz CT molecular complexity index is 824. The smallest absolute Gasteiger partial charge is 0.184 e. The van der Waals surface area contributed by atoms with E-state index in [1.54, 1.807) is 13.0 Å². The lowest BCUT2D eigenvalue weighted by molar-refractivity contribution is -0.185. The standard InChI is InChI=1S/C22H27FO4/c1-12-8-16-15-5-4-13-9-14(25)6-7-21(13,3)22(15,23)18(27)10-20(16,2)19(12)17(26)11-24/h6-7,9,15-16,18,24,27H,4-5,8,10-11H2,1-3H3/t15?,16?,18-,20-,21-,22-/m0/s1. The van der Waals surface area contributed by atoms with Crippen LogP contribution in [0.3, 0.4) is 0 Å². The minimum atomic E-state index is -1.88. The Kier molecular flexibility index (Phi) is 3.97. The fourth-order valence-corrected chi connectivity index (χ4v) is 6.78. The summed E-state index contributed by atoms with van der Waals surface area (Å²) in [6.07, 6.45) is 5.24. The number of halogens is 1. The number of ketones is 2. The predicted molar refractivity (Wildman–Crippen MR) is 98.5 cm³/mol. The van der Waals surface area contributed by atoms with Gasteiger partial charge >= 0.3 is 0 Å². The van der Waals surface area contributed by atoms with Crippen LogP contribution in [-0.4, -0.2) is 40.2 Å². The minimum absolute atomic E-state index is 0.0965. The molecule has 0 amide bonds. The van der Waals surface area contributed by atoms with Crippen LogP contribution in [0.5, 0.6) is 0 Å². The molecule has 146 valence electrons. The molecule has 0 spiro atoms. The normalized spacial score (nSPS) is 45.9. The van der Waals surface area contributed by atoms with E-state index >= 15 is 4.39 Å². The van der Waals surface area contributed by atoms with Gasteiger partial charge in [-0.25, -0.2) is 4.39 Å². The number of allylic oxidation sites excluding steroid dienone is 5. The number of Topliss-reactive ketones (excluding diaryl/α,β-unsaturated/α-hetero) is 1. The largest absolute Gasteiger partial charge is 0.390 e. The summed E-state index contributed by atoms with van der Waals surface area (Å²) in [5.74, 6) is -0.957. The van der Waals surface area contributed by atoms with Gasteiger partial charge in [-0.2, -0.15) is 0 Å². The molecule has 4 rings (SSSR count). The van der Waals surface area contributed by atoms with Crippen LogP contribution >= 0.6 is 0 Å². The fraction of sp³-hybridized carbons (Fsp3) is 0.636. The molecule has 0 aromatic carbocycles. The number of rotatable bonds is 2. The van der Waals surface area contributed by atoms with Gasteiger partial charge in [0.25, 0.3) is 0 Å². The van der Waals surface area contributed by atoms with Gasteiger partial charge in [-0.15, -0.1) is 0 Å². The molecule has 4 aliphatic carbocycles. The van der Waals surface area contributed by atoms with Crippen molar-refractivity contribution in [3.05, 3.63) is 34.9 Å². The number of hydrogen-bond donors (Lipinski definition) is 2. The van der Waals surface area contributed by atoms with E-state index in [9.17, 15) is 19.8 Å². The number of aliphatic hydroxyl groups is 2. The first-order valence-corrected chi connectivity index (χ1v) is 9.75. The maximum atomic E-state index is 16.8. The summed E-state index contributed by atoms with van der Waals surface area (Å²) in [6.45, 7) is 5.04. The number of hydrogen-bond acceptors (Lipinski definition) is 4. The van der Waals surface area contributed by atoms with Crippen LogP contribution in [0.2, 0.25) is 0 Å². The second kappa shape index (κ2) is 5.71. The van der Waals surface area contributed by atoms with E-state index in [1.165, 1.54) is 12.2 Å². The third-order valence-electron chi connectivity index (χ3n) is 7.98. The van der Waals surface area contributed by atoms with Crippen molar-refractivity contribution in [3.8, 4) is 0 Å². The first kappa shape index (κ1) is 18.8. The van der Waals surface area contributed by atoms with Crippen molar-refractivity contribution in [2.45, 2.75) is 58.2 Å². The van der Waals surface area contributed by atoms with Crippen LogP contribution in [0.4, 0.5) is 4.39 Å². The maximum absolute atomic E-state index is 16.8. The zero-order valence-electron chi connectivity index (χ0n) is 16.1. The molecule has 2 N–H and O–H groups in total. The van der Waals surface area contributed by atoms with Crippen molar-refractivity contribution >= 4 is 11.6 Å². The number of aliphatic hydroxyl groups excluding tert-OH is 2. The van der Waals surface area contributed by atoms with E-state index in [-0.39, 0.29) is 23.9 Å². The number of fused-ring (bicyclic) bond motifs is 5. The summed E-state index contributed by atoms with van der Waals surface area (Å²) < 4.78 is 16.8. The van der Waals surface area contributed by atoms with Crippen LogP contribution < -0.4 is 0 Å². The zero-order valence-corrected chi connectivity index (χ0v) is 16.1. The first-order chi connectivity index (χ1) is 12.6. The average Bonchev–Trinajstić information content (AvgIpc) is 2.86. The monoisotopic (exact) mass is 374 g/mol. The molecule has 2 saturated carbocycles. The third kappa shape index (κ3) is 2.16. The highest BCUT2D eigenvalue weighted by atomic mass is 19.1. The van der Waals surface area contributed by atoms with Gasteiger partial charge in [0.15, 0.2) is 17.2 Å². The molecule has 6 atom stereocenters.